The van der Waals surface area contributed by atoms with Crippen molar-refractivity contribution in [3.63, 3.8) is 0 Å². The Bertz CT molecular complexity index is 850. The van der Waals surface area contributed by atoms with Crippen molar-refractivity contribution in [3.05, 3.63) is 47.9 Å². The first-order chi connectivity index (χ1) is 14.4. The molecule has 3 aliphatic rings. The number of carbonyl (C=O) groups excluding carboxylic acids is 1. The van der Waals surface area contributed by atoms with E-state index in [2.05, 4.69) is 24.5 Å². The van der Waals surface area contributed by atoms with Crippen LogP contribution in [0, 0.1) is 17.1 Å². The molecule has 160 valence electrons. The zero-order valence-electron chi connectivity index (χ0n) is 17.5. The number of halogens is 1. The van der Waals surface area contributed by atoms with Gasteiger partial charge in [0.15, 0.2) is 0 Å². The van der Waals surface area contributed by atoms with Crippen LogP contribution in [0.1, 0.15) is 44.2 Å². The number of carbonyl (C=O) groups is 1. The third-order valence-electron chi connectivity index (χ3n) is 6.92. The van der Waals surface area contributed by atoms with Crippen LogP contribution in [0.25, 0.3) is 0 Å². The molecule has 3 heterocycles. The Morgan fingerprint density at radius 3 is 2.77 bits per heavy atom. The van der Waals surface area contributed by atoms with Crippen molar-refractivity contribution in [2.75, 3.05) is 19.6 Å². The summed E-state index contributed by atoms with van der Waals surface area (Å²) < 4.78 is 13.3. The molecule has 3 aliphatic heterocycles. The molecule has 4 rings (SSSR count). The molecular formula is C23H30FN5O. The lowest BCUT2D eigenvalue weighted by atomic mass is 10.0. The molecule has 2 bridgehead atoms. The largest absolute Gasteiger partial charge is 0.358 e. The number of nitriles is 1. The van der Waals surface area contributed by atoms with Crippen molar-refractivity contribution < 1.29 is 9.18 Å². The highest BCUT2D eigenvalue weighted by Crippen LogP contribution is 2.39. The van der Waals surface area contributed by atoms with Crippen molar-refractivity contribution in [2.45, 2.75) is 62.8 Å². The number of benzene rings is 1. The van der Waals surface area contributed by atoms with Gasteiger partial charge in [0, 0.05) is 31.4 Å². The van der Waals surface area contributed by atoms with Crippen LogP contribution in [-0.2, 0) is 4.79 Å². The standard InChI is InChI=1S/C23H30FN5O/c1-3-21(16-6-8-17(24)9-7-16)29-19-11-22(23(29)30)27(13-19)14-20(26)15(2)28-10-4-5-18(28)12-25/h6-9,18-22H,2-5,10-11,13-14,26H2,1H3/t18-,19-,20?,21?,22?/m0/s1. The smallest absolute Gasteiger partial charge is 0.240 e. The topological polar surface area (TPSA) is 76.6 Å². The number of likely N-dealkylation sites (tertiary alicyclic amines) is 3. The molecule has 0 spiro atoms. The number of nitrogens with two attached hydrogens (primary N) is 1. The second-order valence-electron chi connectivity index (χ2n) is 8.66. The lowest BCUT2D eigenvalue weighted by molar-refractivity contribution is -0.139. The van der Waals surface area contributed by atoms with Gasteiger partial charge in [0.1, 0.15) is 11.9 Å². The molecule has 0 radical (unpaired) electrons. The summed E-state index contributed by atoms with van der Waals surface area (Å²) in [5.74, 6) is -0.129. The van der Waals surface area contributed by atoms with Gasteiger partial charge in [-0.15, -0.1) is 0 Å². The van der Waals surface area contributed by atoms with E-state index >= 15 is 0 Å². The van der Waals surface area contributed by atoms with Gasteiger partial charge in [0.25, 0.3) is 0 Å². The summed E-state index contributed by atoms with van der Waals surface area (Å²) in [6, 6.07) is 8.34. The molecule has 3 unspecified atom stereocenters. The lowest BCUT2D eigenvalue weighted by Crippen LogP contribution is -2.54. The van der Waals surface area contributed by atoms with E-state index in [1.807, 2.05) is 9.80 Å². The average Bonchev–Trinajstić information content (AvgIpc) is 3.45. The first-order valence-corrected chi connectivity index (χ1v) is 10.9. The zero-order valence-corrected chi connectivity index (χ0v) is 17.5. The van der Waals surface area contributed by atoms with Gasteiger partial charge in [-0.25, -0.2) is 4.39 Å². The summed E-state index contributed by atoms with van der Waals surface area (Å²) >= 11 is 0. The number of amides is 1. The molecule has 3 saturated heterocycles. The average molecular weight is 412 g/mol. The minimum absolute atomic E-state index is 0.0279. The summed E-state index contributed by atoms with van der Waals surface area (Å²) in [6.45, 7) is 8.40. The molecule has 3 fully saturated rings. The summed E-state index contributed by atoms with van der Waals surface area (Å²) in [4.78, 5) is 19.4. The Balaban J connectivity index is 1.41. The fourth-order valence-electron chi connectivity index (χ4n) is 5.39. The van der Waals surface area contributed by atoms with Crippen molar-refractivity contribution in [2.24, 2.45) is 5.73 Å². The van der Waals surface area contributed by atoms with E-state index in [9.17, 15) is 14.4 Å². The van der Waals surface area contributed by atoms with Gasteiger partial charge >= 0.3 is 0 Å². The third kappa shape index (κ3) is 3.59. The van der Waals surface area contributed by atoms with Crippen LogP contribution in [0.2, 0.25) is 0 Å². The van der Waals surface area contributed by atoms with Gasteiger partial charge in [-0.1, -0.05) is 25.6 Å². The zero-order chi connectivity index (χ0) is 21.4. The lowest BCUT2D eigenvalue weighted by Gasteiger charge is -2.40. The first kappa shape index (κ1) is 20.8. The second-order valence-corrected chi connectivity index (χ2v) is 8.66. The van der Waals surface area contributed by atoms with Crippen LogP contribution in [0.4, 0.5) is 4.39 Å². The highest BCUT2D eigenvalue weighted by atomic mass is 19.1. The molecule has 0 saturated carbocycles. The number of hydrogen-bond donors (Lipinski definition) is 1. The van der Waals surface area contributed by atoms with Gasteiger partial charge in [-0.05, 0) is 43.4 Å². The molecule has 2 N–H and O–H groups in total. The van der Waals surface area contributed by atoms with Gasteiger partial charge in [-0.2, -0.15) is 5.26 Å². The van der Waals surface area contributed by atoms with E-state index in [4.69, 9.17) is 5.73 Å². The second kappa shape index (κ2) is 8.37. The van der Waals surface area contributed by atoms with E-state index in [1.165, 1.54) is 12.1 Å². The third-order valence-corrected chi connectivity index (χ3v) is 6.92. The summed E-state index contributed by atoms with van der Waals surface area (Å²) in [5.41, 5.74) is 8.22. The molecule has 0 aromatic heterocycles. The SMILES string of the molecule is C=C(C(N)CN1C[C@@H]2CC1C(=O)N2C(CC)c1ccc(F)cc1)N1CCC[C@H]1C#N. The van der Waals surface area contributed by atoms with Crippen LogP contribution in [0.15, 0.2) is 36.5 Å². The van der Waals surface area contributed by atoms with Gasteiger partial charge in [-0.3, -0.25) is 9.69 Å². The number of nitrogens with zero attached hydrogens (tertiary/aromatic N) is 4. The minimum Gasteiger partial charge on any atom is -0.358 e. The molecule has 0 aliphatic carbocycles. The Morgan fingerprint density at radius 2 is 2.13 bits per heavy atom. The number of hydrogen-bond acceptors (Lipinski definition) is 5. The Labute approximate surface area is 177 Å². The molecule has 1 aromatic rings. The van der Waals surface area contributed by atoms with Crippen LogP contribution in [-0.4, -0.2) is 64.4 Å². The Kier molecular flexibility index (Phi) is 5.81. The van der Waals surface area contributed by atoms with Crippen molar-refractivity contribution in [1.29, 1.82) is 5.26 Å². The van der Waals surface area contributed by atoms with Gasteiger partial charge in [0.05, 0.1) is 24.2 Å². The maximum absolute atomic E-state index is 13.3. The van der Waals surface area contributed by atoms with E-state index in [0.29, 0.717) is 6.54 Å². The summed E-state index contributed by atoms with van der Waals surface area (Å²) in [5, 5.41) is 9.33. The fraction of sp³-hybridized carbons (Fsp3) is 0.565. The van der Waals surface area contributed by atoms with Crippen LogP contribution in [0.3, 0.4) is 0 Å². The van der Waals surface area contributed by atoms with E-state index < -0.39 is 0 Å². The Morgan fingerprint density at radius 1 is 1.40 bits per heavy atom. The van der Waals surface area contributed by atoms with Crippen molar-refractivity contribution >= 4 is 5.91 Å². The number of fused-ring (bicyclic) bond motifs is 2. The fourth-order valence-corrected chi connectivity index (χ4v) is 5.39. The normalized spacial score (nSPS) is 28.1. The van der Waals surface area contributed by atoms with Gasteiger partial charge in [0.2, 0.25) is 5.91 Å². The molecule has 5 atom stereocenters. The quantitative estimate of drug-likeness (QED) is 0.746. The highest BCUT2D eigenvalue weighted by Gasteiger charge is 2.51. The first-order valence-electron chi connectivity index (χ1n) is 10.9. The molecule has 7 heteroatoms. The number of piperazine rings is 1. The maximum Gasteiger partial charge on any atom is 0.240 e. The predicted molar refractivity (Wildman–Crippen MR) is 113 cm³/mol. The van der Waals surface area contributed by atoms with Crippen molar-refractivity contribution in [1.82, 2.24) is 14.7 Å². The predicted octanol–water partition coefficient (Wildman–Crippen LogP) is 2.39. The molecule has 1 aromatic carbocycles. The van der Waals surface area contributed by atoms with Crippen molar-refractivity contribution in [3.8, 4) is 6.07 Å². The highest BCUT2D eigenvalue weighted by molar-refractivity contribution is 5.86. The van der Waals surface area contributed by atoms with E-state index in [1.54, 1.807) is 12.1 Å². The maximum atomic E-state index is 13.3. The minimum atomic E-state index is -0.293. The molecule has 6 nitrogen and oxygen atoms in total. The molecule has 30 heavy (non-hydrogen) atoms. The Hall–Kier alpha value is -2.43. The molecule has 1 amide bonds. The summed E-state index contributed by atoms with van der Waals surface area (Å²) in [7, 11) is 0. The van der Waals surface area contributed by atoms with Gasteiger partial charge < -0.3 is 15.5 Å². The van der Waals surface area contributed by atoms with Crippen LogP contribution < -0.4 is 5.73 Å². The molecular weight excluding hydrogens is 381 g/mol. The van der Waals surface area contributed by atoms with E-state index in [0.717, 1.165) is 50.0 Å². The van der Waals surface area contributed by atoms with E-state index in [-0.39, 0.29) is 41.9 Å². The van der Waals surface area contributed by atoms with Crippen LogP contribution >= 0.6 is 0 Å². The van der Waals surface area contributed by atoms with Crippen LogP contribution in [0.5, 0.6) is 0 Å². The monoisotopic (exact) mass is 411 g/mol. The summed E-state index contributed by atoms with van der Waals surface area (Å²) in [6.07, 6.45) is 3.43. The number of rotatable bonds is 7.